The van der Waals surface area contributed by atoms with Crippen LogP contribution in [-0.2, 0) is 0 Å². The second-order valence-corrected chi connectivity index (χ2v) is 5.77. The quantitative estimate of drug-likeness (QED) is 0.672. The van der Waals surface area contributed by atoms with Gasteiger partial charge in [0.15, 0.2) is 0 Å². The van der Waals surface area contributed by atoms with Crippen molar-refractivity contribution in [1.29, 1.82) is 0 Å². The maximum absolute atomic E-state index is 13.8. The number of nitro groups is 1. The molecule has 1 atom stereocenters. The van der Waals surface area contributed by atoms with Crippen LogP contribution >= 0.6 is 15.9 Å². The summed E-state index contributed by atoms with van der Waals surface area (Å²) >= 11 is 3.01. The second kappa shape index (κ2) is 6.49. The molecule has 0 aliphatic carbocycles. The number of likely N-dealkylation sites (N-methyl/N-ethyl adjacent to an activating group) is 1. The Balaban J connectivity index is 2.43. The zero-order valence-corrected chi connectivity index (χ0v) is 12.8. The third-order valence-corrected chi connectivity index (χ3v) is 4.20. The molecule has 5 nitrogen and oxygen atoms in total. The SMILES string of the molecule is CNCC1CCCCN1c1cc(F)c(Br)cc1[N+](=O)[O-]. The van der Waals surface area contributed by atoms with Gasteiger partial charge in [0.1, 0.15) is 11.5 Å². The normalized spacial score (nSPS) is 19.1. The smallest absolute Gasteiger partial charge is 0.293 e. The monoisotopic (exact) mass is 345 g/mol. The Morgan fingerprint density at radius 3 is 2.95 bits per heavy atom. The van der Waals surface area contributed by atoms with Gasteiger partial charge in [-0.2, -0.15) is 0 Å². The average Bonchev–Trinajstić information content (AvgIpc) is 2.42. The summed E-state index contributed by atoms with van der Waals surface area (Å²) in [7, 11) is 1.85. The Kier molecular flexibility index (Phi) is 4.93. The van der Waals surface area contributed by atoms with Gasteiger partial charge < -0.3 is 10.2 Å². The highest BCUT2D eigenvalue weighted by molar-refractivity contribution is 9.10. The van der Waals surface area contributed by atoms with Crippen LogP contribution in [0.5, 0.6) is 0 Å². The molecule has 0 radical (unpaired) electrons. The Morgan fingerprint density at radius 1 is 1.55 bits per heavy atom. The van der Waals surface area contributed by atoms with E-state index in [4.69, 9.17) is 0 Å². The number of hydrogen-bond acceptors (Lipinski definition) is 4. The van der Waals surface area contributed by atoms with E-state index in [0.29, 0.717) is 12.2 Å². The lowest BCUT2D eigenvalue weighted by atomic mass is 10.0. The summed E-state index contributed by atoms with van der Waals surface area (Å²) in [5, 5.41) is 14.3. The molecule has 0 amide bonds. The molecule has 1 aromatic carbocycles. The van der Waals surface area contributed by atoms with Crippen molar-refractivity contribution in [2.24, 2.45) is 0 Å². The molecule has 7 heteroatoms. The van der Waals surface area contributed by atoms with Crippen molar-refractivity contribution in [3.05, 3.63) is 32.5 Å². The van der Waals surface area contributed by atoms with Crippen molar-refractivity contribution in [1.82, 2.24) is 5.32 Å². The van der Waals surface area contributed by atoms with Gasteiger partial charge in [-0.05, 0) is 42.2 Å². The lowest BCUT2D eigenvalue weighted by Crippen LogP contribution is -2.45. The molecule has 1 N–H and O–H groups in total. The minimum atomic E-state index is -0.473. The van der Waals surface area contributed by atoms with Gasteiger partial charge in [0.25, 0.3) is 5.69 Å². The summed E-state index contributed by atoms with van der Waals surface area (Å²) in [6, 6.07) is 2.67. The van der Waals surface area contributed by atoms with Crippen molar-refractivity contribution in [2.75, 3.05) is 25.0 Å². The largest absolute Gasteiger partial charge is 0.362 e. The Labute approximate surface area is 125 Å². The number of benzene rings is 1. The van der Waals surface area contributed by atoms with Crippen molar-refractivity contribution in [2.45, 2.75) is 25.3 Å². The zero-order chi connectivity index (χ0) is 14.7. The lowest BCUT2D eigenvalue weighted by molar-refractivity contribution is -0.384. The van der Waals surface area contributed by atoms with E-state index in [0.717, 1.165) is 25.8 Å². The van der Waals surface area contributed by atoms with Gasteiger partial charge >= 0.3 is 0 Å². The van der Waals surface area contributed by atoms with Crippen LogP contribution in [0.25, 0.3) is 0 Å². The summed E-state index contributed by atoms with van der Waals surface area (Å²) in [5.74, 6) is -0.473. The molecule has 110 valence electrons. The molecule has 1 aromatic rings. The van der Waals surface area contributed by atoms with Crippen LogP contribution in [0, 0.1) is 15.9 Å². The first kappa shape index (κ1) is 15.2. The number of nitrogens with zero attached hydrogens (tertiary/aromatic N) is 2. The van der Waals surface area contributed by atoms with Crippen LogP contribution in [0.2, 0.25) is 0 Å². The fourth-order valence-electron chi connectivity index (χ4n) is 2.67. The highest BCUT2D eigenvalue weighted by Gasteiger charge is 2.29. The molecule has 1 heterocycles. The fraction of sp³-hybridized carbons (Fsp3) is 0.538. The van der Waals surface area contributed by atoms with E-state index in [1.54, 1.807) is 0 Å². The number of rotatable bonds is 4. The third-order valence-electron chi connectivity index (χ3n) is 3.59. The maximum Gasteiger partial charge on any atom is 0.293 e. The molecular weight excluding hydrogens is 329 g/mol. The highest BCUT2D eigenvalue weighted by atomic mass is 79.9. The highest BCUT2D eigenvalue weighted by Crippen LogP contribution is 2.36. The topological polar surface area (TPSA) is 58.4 Å². The zero-order valence-electron chi connectivity index (χ0n) is 11.2. The average molecular weight is 346 g/mol. The number of anilines is 1. The maximum atomic E-state index is 13.8. The molecule has 0 spiro atoms. The van der Waals surface area contributed by atoms with Gasteiger partial charge in [-0.1, -0.05) is 0 Å². The predicted molar refractivity (Wildman–Crippen MR) is 79.7 cm³/mol. The summed E-state index contributed by atoms with van der Waals surface area (Å²) in [4.78, 5) is 12.7. The minimum Gasteiger partial charge on any atom is -0.362 e. The summed E-state index contributed by atoms with van der Waals surface area (Å²) < 4.78 is 13.9. The van der Waals surface area contributed by atoms with Crippen molar-refractivity contribution in [3.8, 4) is 0 Å². The first-order valence-corrected chi connectivity index (χ1v) is 7.38. The summed E-state index contributed by atoms with van der Waals surface area (Å²) in [5.41, 5.74) is 0.317. The number of nitrogens with one attached hydrogen (secondary N) is 1. The van der Waals surface area contributed by atoms with E-state index in [-0.39, 0.29) is 16.2 Å². The molecule has 0 bridgehead atoms. The molecule has 1 saturated heterocycles. The molecule has 1 aliphatic heterocycles. The van der Waals surface area contributed by atoms with E-state index in [2.05, 4.69) is 21.2 Å². The number of hydrogen-bond donors (Lipinski definition) is 1. The molecule has 20 heavy (non-hydrogen) atoms. The van der Waals surface area contributed by atoms with Crippen molar-refractivity contribution >= 4 is 27.3 Å². The molecular formula is C13H17BrFN3O2. The van der Waals surface area contributed by atoms with Crippen molar-refractivity contribution in [3.63, 3.8) is 0 Å². The lowest BCUT2D eigenvalue weighted by Gasteiger charge is -2.37. The van der Waals surface area contributed by atoms with Gasteiger partial charge in [-0.25, -0.2) is 4.39 Å². The van der Waals surface area contributed by atoms with E-state index < -0.39 is 10.7 Å². The molecule has 2 rings (SSSR count). The number of halogens is 2. The van der Waals surface area contributed by atoms with E-state index >= 15 is 0 Å². The van der Waals surface area contributed by atoms with Gasteiger partial charge in [-0.15, -0.1) is 0 Å². The Bertz CT molecular complexity index is 511. The van der Waals surface area contributed by atoms with Crippen LogP contribution in [0.15, 0.2) is 16.6 Å². The van der Waals surface area contributed by atoms with Gasteiger partial charge in [0.2, 0.25) is 0 Å². The number of piperidine rings is 1. The Morgan fingerprint density at radius 2 is 2.30 bits per heavy atom. The fourth-order valence-corrected chi connectivity index (χ4v) is 3.00. The first-order chi connectivity index (χ1) is 9.54. The van der Waals surface area contributed by atoms with E-state index in [1.807, 2.05) is 11.9 Å². The molecule has 1 unspecified atom stereocenters. The molecule has 1 aliphatic rings. The van der Waals surface area contributed by atoms with Crippen LogP contribution in [0.1, 0.15) is 19.3 Å². The first-order valence-electron chi connectivity index (χ1n) is 6.59. The van der Waals surface area contributed by atoms with Gasteiger partial charge in [-0.3, -0.25) is 10.1 Å². The summed E-state index contributed by atoms with van der Waals surface area (Å²) in [6.07, 6.45) is 3.01. The van der Waals surface area contributed by atoms with Crippen LogP contribution in [0.4, 0.5) is 15.8 Å². The molecule has 0 aromatic heterocycles. The van der Waals surface area contributed by atoms with Crippen LogP contribution in [-0.4, -0.2) is 31.1 Å². The number of nitro benzene ring substituents is 1. The summed E-state index contributed by atoms with van der Waals surface area (Å²) in [6.45, 7) is 1.45. The third kappa shape index (κ3) is 3.09. The Hall–Kier alpha value is -1.21. The predicted octanol–water partition coefficient (Wildman–Crippen LogP) is 3.07. The van der Waals surface area contributed by atoms with Gasteiger partial charge in [0, 0.05) is 31.3 Å². The molecule has 1 fully saturated rings. The minimum absolute atomic E-state index is 0.0544. The van der Waals surface area contributed by atoms with E-state index in [9.17, 15) is 14.5 Å². The van der Waals surface area contributed by atoms with Crippen LogP contribution in [0.3, 0.4) is 0 Å². The molecule has 0 saturated carbocycles. The van der Waals surface area contributed by atoms with Crippen LogP contribution < -0.4 is 10.2 Å². The standard InChI is InChI=1S/C13H17BrFN3O2/c1-16-8-9-4-2-3-5-17(9)12-7-11(15)10(14)6-13(12)18(19)20/h6-7,9,16H,2-5,8H2,1H3. The second-order valence-electron chi connectivity index (χ2n) is 4.91. The van der Waals surface area contributed by atoms with Gasteiger partial charge in [0.05, 0.1) is 9.40 Å². The van der Waals surface area contributed by atoms with E-state index in [1.165, 1.54) is 12.1 Å². The van der Waals surface area contributed by atoms with Crippen molar-refractivity contribution < 1.29 is 9.31 Å².